The van der Waals surface area contributed by atoms with Gasteiger partial charge in [-0.05, 0) is 34.7 Å². The van der Waals surface area contributed by atoms with E-state index in [4.69, 9.17) is 4.74 Å². The zero-order valence-electron chi connectivity index (χ0n) is 9.76. The lowest BCUT2D eigenvalue weighted by molar-refractivity contribution is 0.102. The van der Waals surface area contributed by atoms with E-state index in [0.717, 1.165) is 3.57 Å². The maximum absolute atomic E-state index is 12.0. The second kappa shape index (κ2) is 5.96. The Morgan fingerprint density at radius 1 is 1.50 bits per heavy atom. The van der Waals surface area contributed by atoms with Crippen molar-refractivity contribution in [1.29, 1.82) is 0 Å². The Hall–Kier alpha value is -1.41. The minimum Gasteiger partial charge on any atom is -0.362 e. The number of carbonyl (C=O) groups is 1. The number of hydrogen-bond donors (Lipinski definition) is 1. The molecule has 1 heterocycles. The molecule has 1 amide bonds. The van der Waals surface area contributed by atoms with Crippen molar-refractivity contribution in [1.82, 2.24) is 9.78 Å². The van der Waals surface area contributed by atoms with Crippen LogP contribution in [0.3, 0.4) is 0 Å². The Kier molecular flexibility index (Phi) is 4.32. The highest BCUT2D eigenvalue weighted by Crippen LogP contribution is 2.14. The first-order valence-corrected chi connectivity index (χ1v) is 6.36. The number of anilines is 1. The summed E-state index contributed by atoms with van der Waals surface area (Å²) in [5.74, 6) is -0.142. The molecule has 0 atom stereocenters. The number of carbonyl (C=O) groups excluding carboxylic acids is 1. The summed E-state index contributed by atoms with van der Waals surface area (Å²) >= 11 is 2.14. The maximum Gasteiger partial charge on any atom is 0.256 e. The van der Waals surface area contributed by atoms with E-state index in [0.29, 0.717) is 18.0 Å². The third kappa shape index (κ3) is 3.08. The van der Waals surface area contributed by atoms with E-state index in [1.165, 1.54) is 0 Å². The van der Waals surface area contributed by atoms with Gasteiger partial charge in [0.2, 0.25) is 0 Å². The zero-order valence-corrected chi connectivity index (χ0v) is 11.9. The van der Waals surface area contributed by atoms with Crippen molar-refractivity contribution in [2.24, 2.45) is 0 Å². The van der Waals surface area contributed by atoms with Gasteiger partial charge in [-0.25, -0.2) is 4.68 Å². The van der Waals surface area contributed by atoms with E-state index >= 15 is 0 Å². The van der Waals surface area contributed by atoms with Gasteiger partial charge >= 0.3 is 0 Å². The van der Waals surface area contributed by atoms with Crippen molar-refractivity contribution >= 4 is 34.2 Å². The molecule has 1 aromatic carbocycles. The van der Waals surface area contributed by atoms with Crippen LogP contribution in [0, 0.1) is 3.57 Å². The van der Waals surface area contributed by atoms with Crippen molar-refractivity contribution in [2.75, 3.05) is 12.4 Å². The molecule has 2 rings (SSSR count). The number of methoxy groups -OCH3 is 1. The molecule has 1 N–H and O–H groups in total. The van der Waals surface area contributed by atoms with Crippen molar-refractivity contribution in [3.8, 4) is 0 Å². The van der Waals surface area contributed by atoms with E-state index in [9.17, 15) is 4.79 Å². The van der Waals surface area contributed by atoms with E-state index in [1.54, 1.807) is 30.3 Å². The topological polar surface area (TPSA) is 56.1 Å². The fraction of sp³-hybridized carbons (Fsp3) is 0.167. The summed E-state index contributed by atoms with van der Waals surface area (Å²) in [4.78, 5) is 12.0. The molecule has 0 fully saturated rings. The molecule has 0 aliphatic heterocycles. The third-order valence-electron chi connectivity index (χ3n) is 2.27. The molecule has 6 heteroatoms. The minimum absolute atomic E-state index is 0.142. The Bertz CT molecular complexity index is 554. The van der Waals surface area contributed by atoms with E-state index < -0.39 is 0 Å². The van der Waals surface area contributed by atoms with Crippen LogP contribution in [0.2, 0.25) is 0 Å². The summed E-state index contributed by atoms with van der Waals surface area (Å²) in [5, 5.41) is 6.85. The summed E-state index contributed by atoms with van der Waals surface area (Å²) in [5.41, 5.74) is 1.30. The van der Waals surface area contributed by atoms with Crippen LogP contribution >= 0.6 is 22.6 Å². The first-order chi connectivity index (χ1) is 8.70. The van der Waals surface area contributed by atoms with Gasteiger partial charge in [-0.1, -0.05) is 12.1 Å². The average Bonchev–Trinajstić information content (AvgIpc) is 2.77. The molecule has 1 aromatic heterocycles. The molecule has 0 saturated heterocycles. The van der Waals surface area contributed by atoms with Crippen molar-refractivity contribution in [2.45, 2.75) is 6.73 Å². The summed E-state index contributed by atoms with van der Waals surface area (Å²) in [6, 6.07) is 7.42. The molecule has 0 spiro atoms. The molecule has 5 nitrogen and oxygen atoms in total. The number of halogens is 1. The number of ether oxygens (including phenoxy) is 1. The SMILES string of the molecule is COCn1cc(NC(=O)c2ccccc2I)cn1. The van der Waals surface area contributed by atoms with Gasteiger partial charge < -0.3 is 10.1 Å². The smallest absolute Gasteiger partial charge is 0.256 e. The molecule has 0 saturated carbocycles. The number of amides is 1. The van der Waals surface area contributed by atoms with Gasteiger partial charge in [-0.2, -0.15) is 5.10 Å². The second-order valence-electron chi connectivity index (χ2n) is 3.62. The van der Waals surface area contributed by atoms with Crippen molar-refractivity contribution < 1.29 is 9.53 Å². The monoisotopic (exact) mass is 357 g/mol. The van der Waals surface area contributed by atoms with Crippen LogP contribution in [0.15, 0.2) is 36.7 Å². The fourth-order valence-corrected chi connectivity index (χ4v) is 2.11. The highest BCUT2D eigenvalue weighted by molar-refractivity contribution is 14.1. The van der Waals surface area contributed by atoms with Crippen LogP contribution in [0.5, 0.6) is 0 Å². The predicted octanol–water partition coefficient (Wildman–Crippen LogP) is 2.34. The summed E-state index contributed by atoms with van der Waals surface area (Å²) in [7, 11) is 1.59. The highest BCUT2D eigenvalue weighted by Gasteiger charge is 2.10. The van der Waals surface area contributed by atoms with Gasteiger partial charge in [0, 0.05) is 10.7 Å². The molecular formula is C12H12IN3O2. The van der Waals surface area contributed by atoms with E-state index in [2.05, 4.69) is 33.0 Å². The fourth-order valence-electron chi connectivity index (χ4n) is 1.47. The van der Waals surface area contributed by atoms with E-state index in [-0.39, 0.29) is 5.91 Å². The quantitative estimate of drug-likeness (QED) is 0.855. The van der Waals surface area contributed by atoms with Crippen molar-refractivity contribution in [3.05, 3.63) is 45.8 Å². The molecule has 18 heavy (non-hydrogen) atoms. The Morgan fingerprint density at radius 2 is 2.28 bits per heavy atom. The van der Waals surface area contributed by atoms with Gasteiger partial charge in [0.25, 0.3) is 5.91 Å². The second-order valence-corrected chi connectivity index (χ2v) is 4.78. The third-order valence-corrected chi connectivity index (χ3v) is 3.21. The van der Waals surface area contributed by atoms with Gasteiger partial charge in [-0.15, -0.1) is 0 Å². The number of benzene rings is 1. The number of nitrogens with zero attached hydrogens (tertiary/aromatic N) is 2. The highest BCUT2D eigenvalue weighted by atomic mass is 127. The number of rotatable bonds is 4. The Morgan fingerprint density at radius 3 is 3.00 bits per heavy atom. The summed E-state index contributed by atoms with van der Waals surface area (Å²) in [6.45, 7) is 0.360. The molecule has 0 bridgehead atoms. The molecule has 94 valence electrons. The standard InChI is InChI=1S/C12H12IN3O2/c1-18-8-16-7-9(6-14-16)15-12(17)10-4-2-3-5-11(10)13/h2-7H,8H2,1H3,(H,15,17). The zero-order chi connectivity index (χ0) is 13.0. The molecular weight excluding hydrogens is 345 g/mol. The van der Waals surface area contributed by atoms with Crippen LogP contribution < -0.4 is 5.32 Å². The lowest BCUT2D eigenvalue weighted by atomic mass is 10.2. The van der Waals surface area contributed by atoms with Crippen LogP contribution in [0.4, 0.5) is 5.69 Å². The average molecular weight is 357 g/mol. The minimum atomic E-state index is -0.142. The number of hydrogen-bond acceptors (Lipinski definition) is 3. The Labute approximate surface area is 118 Å². The first-order valence-electron chi connectivity index (χ1n) is 5.28. The first kappa shape index (κ1) is 13.0. The predicted molar refractivity (Wildman–Crippen MR) is 76.3 cm³/mol. The molecule has 0 unspecified atom stereocenters. The lowest BCUT2D eigenvalue weighted by Gasteiger charge is -2.04. The molecule has 0 aliphatic rings. The van der Waals surface area contributed by atoms with Gasteiger partial charge in [0.1, 0.15) is 6.73 Å². The largest absolute Gasteiger partial charge is 0.362 e. The van der Waals surface area contributed by atoms with Gasteiger partial charge in [0.05, 0.1) is 23.6 Å². The summed E-state index contributed by atoms with van der Waals surface area (Å²) in [6.07, 6.45) is 3.31. The lowest BCUT2D eigenvalue weighted by Crippen LogP contribution is -2.12. The van der Waals surface area contributed by atoms with E-state index in [1.807, 2.05) is 18.2 Å². The maximum atomic E-state index is 12.0. The van der Waals surface area contributed by atoms with Crippen LogP contribution in [0.1, 0.15) is 10.4 Å². The molecule has 0 radical (unpaired) electrons. The number of aromatic nitrogens is 2. The van der Waals surface area contributed by atoms with Gasteiger partial charge in [-0.3, -0.25) is 4.79 Å². The van der Waals surface area contributed by atoms with Crippen LogP contribution in [-0.4, -0.2) is 22.8 Å². The van der Waals surface area contributed by atoms with Crippen LogP contribution in [-0.2, 0) is 11.5 Å². The normalized spacial score (nSPS) is 10.3. The number of nitrogens with one attached hydrogen (secondary N) is 1. The van der Waals surface area contributed by atoms with Crippen molar-refractivity contribution in [3.63, 3.8) is 0 Å². The van der Waals surface area contributed by atoms with Crippen LogP contribution in [0.25, 0.3) is 0 Å². The summed E-state index contributed by atoms with van der Waals surface area (Å²) < 4.78 is 7.45. The van der Waals surface area contributed by atoms with Gasteiger partial charge in [0.15, 0.2) is 0 Å². The molecule has 2 aromatic rings. The Balaban J connectivity index is 2.09. The molecule has 0 aliphatic carbocycles.